The average Bonchev–Trinajstić information content (AvgIpc) is 3.21. The van der Waals surface area contributed by atoms with Crippen LogP contribution >= 0.6 is 11.6 Å². The summed E-state index contributed by atoms with van der Waals surface area (Å²) in [6.07, 6.45) is -0.725. The van der Waals surface area contributed by atoms with Crippen molar-refractivity contribution in [3.05, 3.63) is 100 Å². The third-order valence-corrected chi connectivity index (χ3v) is 7.18. The van der Waals surface area contributed by atoms with Crippen LogP contribution < -0.4 is 10.4 Å². The minimum atomic E-state index is -0.886. The van der Waals surface area contributed by atoms with Gasteiger partial charge in [-0.15, -0.1) is 0 Å². The molecular formula is C28H26ClF2N3O2. The van der Waals surface area contributed by atoms with Gasteiger partial charge in [-0.25, -0.2) is 13.6 Å². The Morgan fingerprint density at radius 2 is 1.86 bits per heavy atom. The third-order valence-electron chi connectivity index (χ3n) is 6.98. The molecule has 186 valence electrons. The highest BCUT2D eigenvalue weighted by Crippen LogP contribution is 2.54. The van der Waals surface area contributed by atoms with E-state index in [0.717, 1.165) is 28.1 Å². The van der Waals surface area contributed by atoms with Gasteiger partial charge in [0.15, 0.2) is 0 Å². The fraction of sp³-hybridized carbons (Fsp3) is 0.250. The van der Waals surface area contributed by atoms with Gasteiger partial charge in [0, 0.05) is 35.5 Å². The van der Waals surface area contributed by atoms with Crippen LogP contribution in [-0.4, -0.2) is 16.6 Å². The number of carbonyl (C=O) groups is 1. The summed E-state index contributed by atoms with van der Waals surface area (Å²) in [5.41, 5.74) is 2.20. The number of aromatic amines is 1. The second kappa shape index (κ2) is 9.13. The number of benzene rings is 3. The number of fused-ring (bicyclic) bond motifs is 2. The zero-order valence-electron chi connectivity index (χ0n) is 20.1. The molecule has 0 saturated carbocycles. The lowest BCUT2D eigenvalue weighted by molar-refractivity contribution is 0.0801. The number of nitrogens with zero attached hydrogens (tertiary/aromatic N) is 1. The number of carbonyl (C=O) groups excluding carboxylic acids is 1. The van der Waals surface area contributed by atoms with E-state index in [1.807, 2.05) is 75.4 Å². The maximum atomic E-state index is 15.3. The summed E-state index contributed by atoms with van der Waals surface area (Å²) in [5.74, 6) is -2.14. The first-order chi connectivity index (χ1) is 17.2. The van der Waals surface area contributed by atoms with Crippen LogP contribution in [0.4, 0.5) is 19.3 Å². The minimum Gasteiger partial charge on any atom is -0.345 e. The first-order valence-electron chi connectivity index (χ1n) is 11.7. The molecule has 1 aliphatic rings. The molecule has 2 N–H and O–H groups in total. The number of hydroxylamine groups is 1. The standard InChI is InChI=1S/C28H26ClF2N3O2/c1-16-24-21(31)13-19(30)14-22(24)34(36-27(35)32-15-17-8-5-4-6-9-17)28(2,3)25(16)20-11-7-10-18-12-23(29)33-26(18)20/h4-14,16,25,33H,15H2,1-3H3,(H,32,35)/t16-,25-/m1/s1. The lowest BCUT2D eigenvalue weighted by Crippen LogP contribution is -2.55. The monoisotopic (exact) mass is 509 g/mol. The van der Waals surface area contributed by atoms with Crippen LogP contribution in [0.15, 0.2) is 66.7 Å². The van der Waals surface area contributed by atoms with Gasteiger partial charge in [-0.3, -0.25) is 0 Å². The van der Waals surface area contributed by atoms with Crippen molar-refractivity contribution in [3.8, 4) is 0 Å². The maximum absolute atomic E-state index is 15.3. The van der Waals surface area contributed by atoms with E-state index in [0.29, 0.717) is 5.15 Å². The van der Waals surface area contributed by atoms with Gasteiger partial charge in [0.1, 0.15) is 16.8 Å². The second-order valence-corrected chi connectivity index (χ2v) is 10.1. The summed E-state index contributed by atoms with van der Waals surface area (Å²) in [7, 11) is 0. The Labute approximate surface area is 213 Å². The molecule has 0 radical (unpaired) electrons. The summed E-state index contributed by atoms with van der Waals surface area (Å²) < 4.78 is 29.7. The fourth-order valence-corrected chi connectivity index (χ4v) is 5.72. The van der Waals surface area contributed by atoms with Crippen molar-refractivity contribution in [1.29, 1.82) is 0 Å². The summed E-state index contributed by atoms with van der Waals surface area (Å²) in [6.45, 7) is 5.95. The molecular weight excluding hydrogens is 484 g/mol. The molecule has 4 aromatic rings. The van der Waals surface area contributed by atoms with Crippen molar-refractivity contribution in [3.63, 3.8) is 0 Å². The molecule has 0 unspecified atom stereocenters. The van der Waals surface area contributed by atoms with E-state index in [4.69, 9.17) is 16.4 Å². The van der Waals surface area contributed by atoms with Crippen LogP contribution in [-0.2, 0) is 11.4 Å². The van der Waals surface area contributed by atoms with E-state index in [1.54, 1.807) is 0 Å². The predicted octanol–water partition coefficient (Wildman–Crippen LogP) is 7.43. The molecule has 0 spiro atoms. The zero-order valence-corrected chi connectivity index (χ0v) is 20.9. The molecule has 5 rings (SSSR count). The van der Waals surface area contributed by atoms with Gasteiger partial charge >= 0.3 is 6.09 Å². The number of hydrogen-bond acceptors (Lipinski definition) is 3. The van der Waals surface area contributed by atoms with Gasteiger partial charge in [0.05, 0.1) is 16.7 Å². The molecule has 3 aromatic carbocycles. The zero-order chi connectivity index (χ0) is 25.6. The Kier molecular flexibility index (Phi) is 6.12. The van der Waals surface area contributed by atoms with E-state index < -0.39 is 23.3 Å². The molecule has 0 saturated heterocycles. The molecule has 5 nitrogen and oxygen atoms in total. The normalized spacial score (nSPS) is 18.7. The molecule has 1 aliphatic heterocycles. The van der Waals surface area contributed by atoms with Crippen LogP contribution in [0, 0.1) is 11.6 Å². The number of para-hydroxylation sites is 1. The fourth-order valence-electron chi connectivity index (χ4n) is 5.51. The minimum absolute atomic E-state index is 0.188. The van der Waals surface area contributed by atoms with Crippen LogP contribution in [0.5, 0.6) is 0 Å². The number of H-pyrrole nitrogens is 1. The van der Waals surface area contributed by atoms with Crippen LogP contribution in [0.1, 0.15) is 49.3 Å². The maximum Gasteiger partial charge on any atom is 0.431 e. The molecule has 0 aliphatic carbocycles. The van der Waals surface area contributed by atoms with E-state index >= 15 is 4.39 Å². The summed E-state index contributed by atoms with van der Waals surface area (Å²) in [6, 6.07) is 19.1. The number of amides is 1. The van der Waals surface area contributed by atoms with Gasteiger partial charge in [-0.1, -0.05) is 67.1 Å². The molecule has 2 atom stereocenters. The van der Waals surface area contributed by atoms with Crippen LogP contribution in [0.3, 0.4) is 0 Å². The third kappa shape index (κ3) is 4.17. The molecule has 8 heteroatoms. The molecule has 0 fully saturated rings. The summed E-state index contributed by atoms with van der Waals surface area (Å²) in [4.78, 5) is 21.9. The molecule has 1 amide bonds. The number of anilines is 1. The highest BCUT2D eigenvalue weighted by molar-refractivity contribution is 6.30. The Balaban J connectivity index is 1.58. The Morgan fingerprint density at radius 1 is 1.11 bits per heavy atom. The van der Waals surface area contributed by atoms with E-state index in [-0.39, 0.29) is 29.6 Å². The van der Waals surface area contributed by atoms with Crippen molar-refractivity contribution < 1.29 is 18.4 Å². The number of halogens is 3. The van der Waals surface area contributed by atoms with Crippen molar-refractivity contribution >= 4 is 34.3 Å². The highest BCUT2D eigenvalue weighted by Gasteiger charge is 2.50. The van der Waals surface area contributed by atoms with Crippen molar-refractivity contribution in [2.24, 2.45) is 0 Å². The number of nitrogens with one attached hydrogen (secondary N) is 2. The average molecular weight is 510 g/mol. The predicted molar refractivity (Wildman–Crippen MR) is 137 cm³/mol. The topological polar surface area (TPSA) is 57.4 Å². The van der Waals surface area contributed by atoms with Crippen LogP contribution in [0.2, 0.25) is 5.15 Å². The number of aromatic nitrogens is 1. The molecule has 2 heterocycles. The SMILES string of the molecule is C[C@@H]1c2c(F)cc(F)cc2N(OC(=O)NCc2ccccc2)C(C)(C)[C@H]1c1cccc2cc(Cl)[nH]c12. The lowest BCUT2D eigenvalue weighted by atomic mass is 9.68. The molecule has 1 aromatic heterocycles. The van der Waals surface area contributed by atoms with Gasteiger partial charge in [0.25, 0.3) is 0 Å². The second-order valence-electron chi connectivity index (χ2n) is 9.68. The Morgan fingerprint density at radius 3 is 2.61 bits per heavy atom. The Bertz CT molecular complexity index is 1440. The van der Waals surface area contributed by atoms with E-state index in [1.165, 1.54) is 11.1 Å². The van der Waals surface area contributed by atoms with Crippen molar-refractivity contribution in [2.45, 2.75) is 44.7 Å². The summed E-state index contributed by atoms with van der Waals surface area (Å²) >= 11 is 6.26. The molecule has 0 bridgehead atoms. The van der Waals surface area contributed by atoms with Gasteiger partial charge < -0.3 is 15.1 Å². The highest BCUT2D eigenvalue weighted by atomic mass is 35.5. The smallest absolute Gasteiger partial charge is 0.345 e. The quantitative estimate of drug-likeness (QED) is 0.301. The molecule has 36 heavy (non-hydrogen) atoms. The Hall–Kier alpha value is -3.58. The largest absolute Gasteiger partial charge is 0.431 e. The first kappa shape index (κ1) is 24.1. The number of rotatable bonds is 4. The van der Waals surface area contributed by atoms with E-state index in [9.17, 15) is 9.18 Å². The van der Waals surface area contributed by atoms with Crippen LogP contribution in [0.25, 0.3) is 10.9 Å². The lowest BCUT2D eigenvalue weighted by Gasteiger charge is -2.50. The summed E-state index contributed by atoms with van der Waals surface area (Å²) in [5, 5.41) is 5.47. The number of hydrogen-bond donors (Lipinski definition) is 2. The van der Waals surface area contributed by atoms with Crippen molar-refractivity contribution in [2.75, 3.05) is 5.06 Å². The van der Waals surface area contributed by atoms with E-state index in [2.05, 4.69) is 10.3 Å². The van der Waals surface area contributed by atoms with Gasteiger partial charge in [-0.05, 0) is 37.0 Å². The van der Waals surface area contributed by atoms with Gasteiger partial charge in [-0.2, -0.15) is 5.06 Å². The van der Waals surface area contributed by atoms with Crippen molar-refractivity contribution in [1.82, 2.24) is 10.3 Å². The first-order valence-corrected chi connectivity index (χ1v) is 12.1. The van der Waals surface area contributed by atoms with Gasteiger partial charge in [0.2, 0.25) is 0 Å².